The molecule has 32 heavy (non-hydrogen) atoms. The maximum Gasteiger partial charge on any atom is 0.146 e. The monoisotopic (exact) mass is 427 g/mol. The van der Waals surface area contributed by atoms with Crippen molar-refractivity contribution in [1.82, 2.24) is 14.0 Å². The number of benzene rings is 4. The van der Waals surface area contributed by atoms with Gasteiger partial charge in [0, 0.05) is 27.2 Å². The molecule has 0 bridgehead atoms. The van der Waals surface area contributed by atoms with Gasteiger partial charge in [0.1, 0.15) is 10.3 Å². The maximum absolute atomic E-state index is 6.10. The van der Waals surface area contributed by atoms with Crippen LogP contribution in [0.5, 0.6) is 0 Å². The molecule has 0 atom stereocenters. The van der Waals surface area contributed by atoms with Crippen LogP contribution in [0.25, 0.3) is 54.9 Å². The van der Waals surface area contributed by atoms with E-state index in [9.17, 15) is 0 Å². The van der Waals surface area contributed by atoms with Gasteiger partial charge in [0.05, 0.1) is 22.1 Å². The van der Waals surface area contributed by atoms with Crippen LogP contribution >= 0.6 is 12.2 Å². The van der Waals surface area contributed by atoms with Crippen molar-refractivity contribution in [2.24, 2.45) is 0 Å². The number of para-hydroxylation sites is 3. The maximum atomic E-state index is 6.10. The van der Waals surface area contributed by atoms with E-state index in [0.717, 1.165) is 59.6 Å². The third-order valence-electron chi connectivity index (χ3n) is 6.29. The molecule has 0 radical (unpaired) electrons. The average molecular weight is 428 g/mol. The quantitative estimate of drug-likeness (QED) is 0.200. The Morgan fingerprint density at radius 2 is 1.16 bits per heavy atom. The molecule has 0 saturated heterocycles. The molecule has 4 aromatic carbocycles. The van der Waals surface area contributed by atoms with Crippen LogP contribution in [0.4, 0.5) is 0 Å². The van der Waals surface area contributed by atoms with E-state index in [1.807, 2.05) is 12.1 Å². The Balaban J connectivity index is 1.94. The molecule has 0 aliphatic carbocycles. The first-order valence-corrected chi connectivity index (χ1v) is 11.0. The summed E-state index contributed by atoms with van der Waals surface area (Å²) in [7, 11) is 0. The summed E-state index contributed by atoms with van der Waals surface area (Å²) in [6, 6.07) is 35.7. The van der Waals surface area contributed by atoms with Crippen LogP contribution in [0.15, 0.2) is 103 Å². The van der Waals surface area contributed by atoms with Crippen LogP contribution in [-0.2, 0) is 0 Å². The standard InChI is InChI=1S/C28H17N3S/c32-28-22-15-7-5-13-20(22)26-25(30(28)18-10-2-1-3-11-18)19-12-4-6-14-21(19)27-29-23-16-8-9-17-24(23)31(26)27/h1-17H. The first-order valence-electron chi connectivity index (χ1n) is 10.6. The summed E-state index contributed by atoms with van der Waals surface area (Å²) >= 11 is 6.10. The van der Waals surface area contributed by atoms with Crippen LogP contribution in [-0.4, -0.2) is 14.0 Å². The van der Waals surface area contributed by atoms with Crippen molar-refractivity contribution in [3.05, 3.63) is 108 Å². The van der Waals surface area contributed by atoms with Gasteiger partial charge in [-0.2, -0.15) is 0 Å². The molecule has 7 rings (SSSR count). The fraction of sp³-hybridized carbons (Fsp3) is 0. The van der Waals surface area contributed by atoms with Crippen molar-refractivity contribution in [1.29, 1.82) is 0 Å². The number of imidazole rings is 1. The summed E-state index contributed by atoms with van der Waals surface area (Å²) in [6.07, 6.45) is 0. The van der Waals surface area contributed by atoms with Crippen molar-refractivity contribution in [2.75, 3.05) is 0 Å². The van der Waals surface area contributed by atoms with Crippen LogP contribution in [0.1, 0.15) is 0 Å². The molecule has 0 unspecified atom stereocenters. The van der Waals surface area contributed by atoms with E-state index in [2.05, 4.69) is 100.0 Å². The zero-order valence-corrected chi connectivity index (χ0v) is 17.9. The lowest BCUT2D eigenvalue weighted by Gasteiger charge is -2.18. The van der Waals surface area contributed by atoms with Crippen molar-refractivity contribution >= 4 is 61.5 Å². The summed E-state index contributed by atoms with van der Waals surface area (Å²) < 4.78 is 5.35. The smallest absolute Gasteiger partial charge is 0.146 e. The van der Waals surface area contributed by atoms with E-state index < -0.39 is 0 Å². The minimum atomic E-state index is 0.813. The first-order chi connectivity index (χ1) is 15.8. The van der Waals surface area contributed by atoms with Crippen LogP contribution in [0.2, 0.25) is 0 Å². The Bertz CT molecular complexity index is 1900. The SMILES string of the molecule is S=c1c2ccccc2c2c(c3ccccc3c3nc4ccccc4n32)n1-c1ccccc1. The highest BCUT2D eigenvalue weighted by atomic mass is 32.1. The minimum absolute atomic E-state index is 0.813. The van der Waals surface area contributed by atoms with Gasteiger partial charge in [0.15, 0.2) is 0 Å². The summed E-state index contributed by atoms with van der Waals surface area (Å²) in [5, 5.41) is 4.46. The van der Waals surface area contributed by atoms with Crippen LogP contribution < -0.4 is 0 Å². The largest absolute Gasteiger partial charge is 0.298 e. The third kappa shape index (κ3) is 2.24. The van der Waals surface area contributed by atoms with Crippen LogP contribution in [0.3, 0.4) is 0 Å². The van der Waals surface area contributed by atoms with Gasteiger partial charge in [0.2, 0.25) is 0 Å². The molecule has 3 heterocycles. The highest BCUT2D eigenvalue weighted by molar-refractivity contribution is 7.71. The van der Waals surface area contributed by atoms with E-state index >= 15 is 0 Å². The molecule has 0 amide bonds. The first kappa shape index (κ1) is 17.6. The van der Waals surface area contributed by atoms with Gasteiger partial charge in [-0.05, 0) is 24.3 Å². The lowest BCUT2D eigenvalue weighted by Crippen LogP contribution is -2.04. The average Bonchev–Trinajstić information content (AvgIpc) is 3.25. The normalized spacial score (nSPS) is 11.9. The molecule has 3 nitrogen and oxygen atoms in total. The fourth-order valence-corrected chi connectivity index (χ4v) is 5.32. The van der Waals surface area contributed by atoms with Crippen molar-refractivity contribution in [3.8, 4) is 5.69 Å². The molecule has 4 heteroatoms. The molecular weight excluding hydrogens is 410 g/mol. The van der Waals surface area contributed by atoms with Crippen molar-refractivity contribution in [3.63, 3.8) is 0 Å². The zero-order chi connectivity index (χ0) is 21.2. The summed E-state index contributed by atoms with van der Waals surface area (Å²) in [5.41, 5.74) is 6.34. The molecular formula is C28H17N3S. The van der Waals surface area contributed by atoms with Gasteiger partial charge >= 0.3 is 0 Å². The van der Waals surface area contributed by atoms with Crippen LogP contribution in [0, 0.1) is 4.64 Å². The summed E-state index contributed by atoms with van der Waals surface area (Å²) in [4.78, 5) is 5.05. The van der Waals surface area contributed by atoms with E-state index in [1.54, 1.807) is 0 Å². The lowest BCUT2D eigenvalue weighted by molar-refractivity contribution is 1.09. The van der Waals surface area contributed by atoms with Gasteiger partial charge in [-0.25, -0.2) is 4.98 Å². The Morgan fingerprint density at radius 1 is 0.562 bits per heavy atom. The highest BCUT2D eigenvalue weighted by Gasteiger charge is 2.19. The van der Waals surface area contributed by atoms with E-state index in [-0.39, 0.29) is 0 Å². The molecule has 7 aromatic rings. The fourth-order valence-electron chi connectivity index (χ4n) is 4.95. The second kappa shape index (κ2) is 6.49. The number of aromatic nitrogens is 3. The topological polar surface area (TPSA) is 22.2 Å². The number of fused-ring (bicyclic) bond motifs is 10. The second-order valence-corrected chi connectivity index (χ2v) is 8.41. The summed E-state index contributed by atoms with van der Waals surface area (Å²) in [5.74, 6) is 0. The van der Waals surface area contributed by atoms with Gasteiger partial charge < -0.3 is 0 Å². The van der Waals surface area contributed by atoms with Gasteiger partial charge in [-0.1, -0.05) is 91.1 Å². The molecule has 0 N–H and O–H groups in total. The molecule has 0 aliphatic rings. The Labute approximate surface area is 188 Å². The van der Waals surface area contributed by atoms with Gasteiger partial charge in [-0.3, -0.25) is 8.97 Å². The summed E-state index contributed by atoms with van der Waals surface area (Å²) in [6.45, 7) is 0. The molecule has 0 saturated carbocycles. The zero-order valence-electron chi connectivity index (χ0n) is 17.1. The Morgan fingerprint density at radius 3 is 1.94 bits per heavy atom. The highest BCUT2D eigenvalue weighted by Crippen LogP contribution is 2.37. The molecule has 0 spiro atoms. The lowest BCUT2D eigenvalue weighted by atomic mass is 10.0. The Hall–Kier alpha value is -4.02. The number of pyridine rings is 2. The Kier molecular flexibility index (Phi) is 3.58. The second-order valence-electron chi connectivity index (χ2n) is 8.02. The predicted molar refractivity (Wildman–Crippen MR) is 135 cm³/mol. The molecule has 0 fully saturated rings. The predicted octanol–water partition coefficient (Wildman–Crippen LogP) is 7.47. The molecule has 150 valence electrons. The van der Waals surface area contributed by atoms with Gasteiger partial charge in [0.25, 0.3) is 0 Å². The van der Waals surface area contributed by atoms with E-state index in [4.69, 9.17) is 17.2 Å². The molecule has 0 aliphatic heterocycles. The van der Waals surface area contributed by atoms with Crippen molar-refractivity contribution < 1.29 is 0 Å². The van der Waals surface area contributed by atoms with Crippen molar-refractivity contribution in [2.45, 2.75) is 0 Å². The number of hydrogen-bond acceptors (Lipinski definition) is 2. The van der Waals surface area contributed by atoms with Gasteiger partial charge in [-0.15, -0.1) is 0 Å². The minimum Gasteiger partial charge on any atom is -0.298 e. The van der Waals surface area contributed by atoms with E-state index in [1.165, 1.54) is 0 Å². The number of nitrogens with zero attached hydrogens (tertiary/aromatic N) is 3. The van der Waals surface area contributed by atoms with E-state index in [0.29, 0.717) is 0 Å². The number of hydrogen-bond donors (Lipinski definition) is 0. The third-order valence-corrected chi connectivity index (χ3v) is 6.69. The molecule has 3 aromatic heterocycles. The number of rotatable bonds is 1.